The lowest BCUT2D eigenvalue weighted by molar-refractivity contribution is 0.0532. The van der Waals surface area contributed by atoms with Gasteiger partial charge < -0.3 is 9.80 Å². The minimum absolute atomic E-state index is 0.0828. The average molecular weight is 430 g/mol. The highest BCUT2D eigenvalue weighted by atomic mass is 79.9. The number of halogens is 3. The summed E-state index contributed by atoms with van der Waals surface area (Å²) in [6.45, 7) is 3.35. The molecule has 2 heterocycles. The van der Waals surface area contributed by atoms with E-state index in [9.17, 15) is 14.0 Å². The van der Waals surface area contributed by atoms with Gasteiger partial charge in [-0.1, -0.05) is 11.6 Å². The molecule has 0 unspecified atom stereocenters. The van der Waals surface area contributed by atoms with Gasteiger partial charge in [0.2, 0.25) is 0 Å². The predicted molar refractivity (Wildman–Crippen MR) is 94.2 cm³/mol. The van der Waals surface area contributed by atoms with Crippen molar-refractivity contribution in [3.8, 4) is 0 Å². The van der Waals surface area contributed by atoms with Gasteiger partial charge in [0.05, 0.1) is 15.1 Å². The monoisotopic (exact) mass is 428 g/mol. The van der Waals surface area contributed by atoms with Crippen LogP contribution in [0.15, 0.2) is 22.7 Å². The normalized spacial score (nSPS) is 14.7. The van der Waals surface area contributed by atoms with E-state index in [-0.39, 0.29) is 22.4 Å². The van der Waals surface area contributed by atoms with Crippen molar-refractivity contribution >= 4 is 39.3 Å². The SMILES string of the molecule is Cc1[nH]nc(C(=O)N2CCN(C(=O)c3ccc(F)cc3Cl)CC2)c1Br. The molecule has 6 nitrogen and oxygen atoms in total. The van der Waals surface area contributed by atoms with Crippen LogP contribution in [0.5, 0.6) is 0 Å². The summed E-state index contributed by atoms with van der Waals surface area (Å²) in [4.78, 5) is 28.3. The Hall–Kier alpha value is -1.93. The Labute approximate surface area is 157 Å². The molecule has 1 aromatic carbocycles. The van der Waals surface area contributed by atoms with Gasteiger partial charge >= 0.3 is 0 Å². The summed E-state index contributed by atoms with van der Waals surface area (Å²) in [5, 5.41) is 6.86. The maximum absolute atomic E-state index is 13.1. The van der Waals surface area contributed by atoms with Gasteiger partial charge in [-0.15, -0.1) is 0 Å². The van der Waals surface area contributed by atoms with Crippen LogP contribution in [0.3, 0.4) is 0 Å². The molecule has 132 valence electrons. The van der Waals surface area contributed by atoms with Gasteiger partial charge in [0.1, 0.15) is 5.82 Å². The second-order valence-electron chi connectivity index (χ2n) is 5.72. The van der Waals surface area contributed by atoms with Crippen LogP contribution < -0.4 is 0 Å². The fraction of sp³-hybridized carbons (Fsp3) is 0.312. The van der Waals surface area contributed by atoms with Crippen molar-refractivity contribution in [1.29, 1.82) is 0 Å². The first-order valence-corrected chi connectivity index (χ1v) is 8.79. The Morgan fingerprint density at radius 1 is 1.20 bits per heavy atom. The summed E-state index contributed by atoms with van der Waals surface area (Å²) in [5.74, 6) is -0.950. The molecule has 2 aromatic rings. The van der Waals surface area contributed by atoms with E-state index < -0.39 is 5.82 Å². The van der Waals surface area contributed by atoms with Gasteiger partial charge in [-0.2, -0.15) is 5.10 Å². The summed E-state index contributed by atoms with van der Waals surface area (Å²) in [6, 6.07) is 3.70. The number of hydrogen-bond acceptors (Lipinski definition) is 3. The molecule has 2 amide bonds. The molecule has 1 aliphatic heterocycles. The number of hydrogen-bond donors (Lipinski definition) is 1. The molecule has 1 aromatic heterocycles. The molecule has 0 aliphatic carbocycles. The first-order chi connectivity index (χ1) is 11.9. The topological polar surface area (TPSA) is 69.3 Å². The summed E-state index contributed by atoms with van der Waals surface area (Å²) in [5.41, 5.74) is 1.37. The molecular weight excluding hydrogens is 415 g/mol. The molecule has 0 atom stereocenters. The van der Waals surface area contributed by atoms with Gasteiger partial charge in [-0.3, -0.25) is 14.7 Å². The van der Waals surface area contributed by atoms with E-state index in [1.807, 2.05) is 6.92 Å². The molecule has 25 heavy (non-hydrogen) atoms. The van der Waals surface area contributed by atoms with Crippen molar-refractivity contribution < 1.29 is 14.0 Å². The minimum atomic E-state index is -0.489. The number of aromatic amines is 1. The number of aromatic nitrogens is 2. The fourth-order valence-electron chi connectivity index (χ4n) is 2.65. The number of rotatable bonds is 2. The van der Waals surface area contributed by atoms with Crippen LogP contribution in [-0.4, -0.2) is 58.0 Å². The third-order valence-corrected chi connectivity index (χ3v) is 5.37. The van der Waals surface area contributed by atoms with Crippen LogP contribution in [-0.2, 0) is 0 Å². The highest BCUT2D eigenvalue weighted by molar-refractivity contribution is 9.10. The van der Waals surface area contributed by atoms with E-state index in [0.29, 0.717) is 36.3 Å². The summed E-state index contributed by atoms with van der Waals surface area (Å²) >= 11 is 9.30. The zero-order valence-electron chi connectivity index (χ0n) is 13.4. The number of H-pyrrole nitrogens is 1. The number of carbonyl (C=O) groups is 2. The maximum Gasteiger partial charge on any atom is 0.275 e. The van der Waals surface area contributed by atoms with Crippen molar-refractivity contribution in [2.24, 2.45) is 0 Å². The number of aryl methyl sites for hydroxylation is 1. The molecule has 0 spiro atoms. The van der Waals surface area contributed by atoms with Gasteiger partial charge in [0, 0.05) is 31.9 Å². The highest BCUT2D eigenvalue weighted by Crippen LogP contribution is 2.22. The van der Waals surface area contributed by atoms with Gasteiger partial charge in [0.25, 0.3) is 11.8 Å². The Morgan fingerprint density at radius 2 is 1.80 bits per heavy atom. The highest BCUT2D eigenvalue weighted by Gasteiger charge is 2.28. The molecule has 1 N–H and O–H groups in total. The minimum Gasteiger partial charge on any atom is -0.335 e. The second-order valence-corrected chi connectivity index (χ2v) is 6.92. The number of nitrogens with zero attached hydrogens (tertiary/aromatic N) is 3. The Balaban J connectivity index is 1.66. The summed E-state index contributed by atoms with van der Waals surface area (Å²) in [7, 11) is 0. The van der Waals surface area contributed by atoms with E-state index in [4.69, 9.17) is 11.6 Å². The van der Waals surface area contributed by atoms with Crippen molar-refractivity contribution in [2.45, 2.75) is 6.92 Å². The quantitative estimate of drug-likeness (QED) is 0.798. The lowest BCUT2D eigenvalue weighted by atomic mass is 10.1. The largest absolute Gasteiger partial charge is 0.335 e. The first-order valence-electron chi connectivity index (χ1n) is 7.62. The van der Waals surface area contributed by atoms with E-state index in [2.05, 4.69) is 26.1 Å². The first kappa shape index (κ1) is 17.9. The number of amides is 2. The van der Waals surface area contributed by atoms with Crippen molar-refractivity contribution in [3.63, 3.8) is 0 Å². The third-order valence-electron chi connectivity index (χ3n) is 4.09. The van der Waals surface area contributed by atoms with Crippen LogP contribution in [0.1, 0.15) is 26.5 Å². The Morgan fingerprint density at radius 3 is 2.32 bits per heavy atom. The lowest BCUT2D eigenvalue weighted by Gasteiger charge is -2.34. The number of benzene rings is 1. The van der Waals surface area contributed by atoms with Crippen LogP contribution in [0.4, 0.5) is 4.39 Å². The molecule has 0 bridgehead atoms. The van der Waals surface area contributed by atoms with E-state index >= 15 is 0 Å². The lowest BCUT2D eigenvalue weighted by Crippen LogP contribution is -2.50. The zero-order chi connectivity index (χ0) is 18.1. The van der Waals surface area contributed by atoms with Crippen LogP contribution in [0, 0.1) is 12.7 Å². The van der Waals surface area contributed by atoms with Crippen LogP contribution in [0.2, 0.25) is 5.02 Å². The van der Waals surface area contributed by atoms with Gasteiger partial charge in [-0.25, -0.2) is 4.39 Å². The summed E-state index contributed by atoms with van der Waals surface area (Å²) in [6.07, 6.45) is 0. The molecule has 9 heteroatoms. The predicted octanol–water partition coefficient (Wildman–Crippen LogP) is 2.87. The van der Waals surface area contributed by atoms with Crippen molar-refractivity contribution in [3.05, 3.63) is 50.5 Å². The molecule has 1 fully saturated rings. The van der Waals surface area contributed by atoms with Crippen LogP contribution in [0.25, 0.3) is 0 Å². The van der Waals surface area contributed by atoms with Crippen LogP contribution >= 0.6 is 27.5 Å². The molecule has 0 saturated carbocycles. The van der Waals surface area contributed by atoms with E-state index in [1.54, 1.807) is 9.80 Å². The van der Waals surface area contributed by atoms with Crippen molar-refractivity contribution in [1.82, 2.24) is 20.0 Å². The number of nitrogens with one attached hydrogen (secondary N) is 1. The number of piperazine rings is 1. The maximum atomic E-state index is 13.1. The van der Waals surface area contributed by atoms with E-state index in [0.717, 1.165) is 11.8 Å². The fourth-order valence-corrected chi connectivity index (χ4v) is 3.25. The smallest absolute Gasteiger partial charge is 0.275 e. The third kappa shape index (κ3) is 3.55. The Kier molecular flexibility index (Phi) is 5.10. The molecule has 1 saturated heterocycles. The van der Waals surface area contributed by atoms with E-state index in [1.165, 1.54) is 12.1 Å². The summed E-state index contributed by atoms with van der Waals surface area (Å²) < 4.78 is 13.8. The van der Waals surface area contributed by atoms with Crippen molar-refractivity contribution in [2.75, 3.05) is 26.2 Å². The second kappa shape index (κ2) is 7.13. The van der Waals surface area contributed by atoms with Gasteiger partial charge in [-0.05, 0) is 41.1 Å². The standard InChI is InChI=1S/C16H15BrClFN4O2/c1-9-13(17)14(21-20-9)16(25)23-6-4-22(5-7-23)15(24)11-3-2-10(19)8-12(11)18/h2-3,8H,4-7H2,1H3,(H,20,21). The molecule has 0 radical (unpaired) electrons. The number of carbonyl (C=O) groups excluding carboxylic acids is 2. The average Bonchev–Trinajstić information content (AvgIpc) is 2.93. The Bertz CT molecular complexity index is 834. The molecule has 3 rings (SSSR count). The zero-order valence-corrected chi connectivity index (χ0v) is 15.7. The molecular formula is C16H15BrClFN4O2. The molecule has 1 aliphatic rings. The van der Waals surface area contributed by atoms with Gasteiger partial charge in [0.15, 0.2) is 5.69 Å².